The molecule has 0 aliphatic carbocycles. The Hall–Kier alpha value is -1.46. The van der Waals surface area contributed by atoms with Crippen molar-refractivity contribution in [3.05, 3.63) is 29.7 Å². The molecular weight excluding hydrogens is 240 g/mol. The molecule has 1 saturated heterocycles. The van der Waals surface area contributed by atoms with Crippen LogP contribution in [0.1, 0.15) is 31.0 Å². The van der Waals surface area contributed by atoms with E-state index in [0.717, 1.165) is 49.5 Å². The Kier molecular flexibility index (Phi) is 3.24. The molecule has 5 heteroatoms. The van der Waals surface area contributed by atoms with E-state index in [1.54, 1.807) is 0 Å². The van der Waals surface area contributed by atoms with Gasteiger partial charge in [0, 0.05) is 42.7 Å². The van der Waals surface area contributed by atoms with Gasteiger partial charge >= 0.3 is 0 Å². The zero-order valence-electron chi connectivity index (χ0n) is 11.5. The van der Waals surface area contributed by atoms with Gasteiger partial charge in [0.2, 0.25) is 0 Å². The molecule has 0 saturated carbocycles. The van der Waals surface area contributed by atoms with Crippen molar-refractivity contribution in [2.24, 2.45) is 0 Å². The third-order valence-electron chi connectivity index (χ3n) is 3.65. The van der Waals surface area contributed by atoms with Crippen molar-refractivity contribution < 1.29 is 4.74 Å². The highest BCUT2D eigenvalue weighted by molar-refractivity contribution is 5.38. The Morgan fingerprint density at radius 2 is 2.42 bits per heavy atom. The summed E-state index contributed by atoms with van der Waals surface area (Å²) in [7, 11) is 0. The number of hydrogen-bond acceptors (Lipinski definition) is 4. The van der Waals surface area contributed by atoms with Crippen molar-refractivity contribution in [2.75, 3.05) is 13.2 Å². The van der Waals surface area contributed by atoms with E-state index in [2.05, 4.69) is 22.3 Å². The van der Waals surface area contributed by atoms with Gasteiger partial charge in [0.15, 0.2) is 5.65 Å². The minimum absolute atomic E-state index is 0.0766. The van der Waals surface area contributed by atoms with Crippen LogP contribution in [-0.4, -0.2) is 33.4 Å². The predicted octanol–water partition coefficient (Wildman–Crippen LogP) is 1.70. The lowest BCUT2D eigenvalue weighted by Gasteiger charge is -2.34. The molecule has 102 valence electrons. The Bertz CT molecular complexity index is 572. The summed E-state index contributed by atoms with van der Waals surface area (Å²) in [5, 5.41) is 7.97. The van der Waals surface area contributed by atoms with Gasteiger partial charge in [0.05, 0.1) is 12.3 Å². The quantitative estimate of drug-likeness (QED) is 0.912. The third-order valence-corrected chi connectivity index (χ3v) is 3.65. The summed E-state index contributed by atoms with van der Waals surface area (Å²) < 4.78 is 7.39. The molecule has 5 nitrogen and oxygen atoms in total. The van der Waals surface area contributed by atoms with Gasteiger partial charge in [0.1, 0.15) is 0 Å². The van der Waals surface area contributed by atoms with Gasteiger partial charge in [-0.25, -0.2) is 9.50 Å². The van der Waals surface area contributed by atoms with Crippen molar-refractivity contribution >= 4 is 5.65 Å². The zero-order valence-corrected chi connectivity index (χ0v) is 11.5. The van der Waals surface area contributed by atoms with E-state index in [-0.39, 0.29) is 5.54 Å². The van der Waals surface area contributed by atoms with Crippen molar-refractivity contribution in [1.82, 2.24) is 19.9 Å². The van der Waals surface area contributed by atoms with Crippen LogP contribution in [0.3, 0.4) is 0 Å². The van der Waals surface area contributed by atoms with Crippen LogP contribution < -0.4 is 5.32 Å². The Morgan fingerprint density at radius 3 is 3.21 bits per heavy atom. The summed E-state index contributed by atoms with van der Waals surface area (Å²) in [5.74, 6) is 0. The van der Waals surface area contributed by atoms with E-state index >= 15 is 0 Å². The molecule has 1 aliphatic heterocycles. The molecule has 1 atom stereocenters. The van der Waals surface area contributed by atoms with E-state index in [9.17, 15) is 0 Å². The maximum Gasteiger partial charge on any atom is 0.155 e. The van der Waals surface area contributed by atoms with Crippen molar-refractivity contribution in [1.29, 1.82) is 0 Å². The van der Waals surface area contributed by atoms with E-state index in [1.807, 2.05) is 29.9 Å². The molecule has 3 heterocycles. The fourth-order valence-electron chi connectivity index (χ4n) is 2.51. The molecule has 0 aromatic carbocycles. The van der Waals surface area contributed by atoms with Gasteiger partial charge in [-0.3, -0.25) is 0 Å². The fraction of sp³-hybridized carbons (Fsp3) is 0.571. The van der Waals surface area contributed by atoms with Crippen LogP contribution in [0.25, 0.3) is 5.65 Å². The van der Waals surface area contributed by atoms with Crippen molar-refractivity contribution in [2.45, 2.75) is 38.8 Å². The average molecular weight is 260 g/mol. The first-order valence-electron chi connectivity index (χ1n) is 6.78. The SMILES string of the molecule is Cc1cc2ncc(CNC3(C)CCCOC3)cn2n1. The molecule has 1 aliphatic rings. The number of rotatable bonds is 3. The van der Waals surface area contributed by atoms with Crippen LogP contribution in [0.5, 0.6) is 0 Å². The molecule has 1 N–H and O–H groups in total. The van der Waals surface area contributed by atoms with Gasteiger partial charge in [-0.1, -0.05) is 0 Å². The standard InChI is InChI=1S/C14H20N4O/c1-11-6-13-15-7-12(9-18(13)17-11)8-16-14(2)4-3-5-19-10-14/h6-7,9,16H,3-5,8,10H2,1-2H3. The van der Waals surface area contributed by atoms with Crippen LogP contribution in [-0.2, 0) is 11.3 Å². The summed E-state index contributed by atoms with van der Waals surface area (Å²) in [6, 6.07) is 1.98. The maximum absolute atomic E-state index is 5.55. The van der Waals surface area contributed by atoms with E-state index < -0.39 is 0 Å². The second-order valence-electron chi connectivity index (χ2n) is 5.62. The van der Waals surface area contributed by atoms with Gasteiger partial charge in [0.25, 0.3) is 0 Å². The third kappa shape index (κ3) is 2.77. The number of nitrogens with one attached hydrogen (secondary N) is 1. The Labute approximate surface area is 113 Å². The summed E-state index contributed by atoms with van der Waals surface area (Å²) in [4.78, 5) is 4.42. The van der Waals surface area contributed by atoms with E-state index in [1.165, 1.54) is 0 Å². The highest BCUT2D eigenvalue weighted by atomic mass is 16.5. The predicted molar refractivity (Wildman–Crippen MR) is 73.0 cm³/mol. The average Bonchev–Trinajstić information content (AvgIpc) is 2.76. The second kappa shape index (κ2) is 4.90. The summed E-state index contributed by atoms with van der Waals surface area (Å²) in [5.41, 5.74) is 3.11. The molecule has 1 fully saturated rings. The lowest BCUT2D eigenvalue weighted by molar-refractivity contribution is 0.0277. The summed E-state index contributed by atoms with van der Waals surface area (Å²) in [6.45, 7) is 6.66. The van der Waals surface area contributed by atoms with Gasteiger partial charge in [-0.05, 0) is 26.7 Å². The number of ether oxygens (including phenoxy) is 1. The summed E-state index contributed by atoms with van der Waals surface area (Å²) >= 11 is 0. The van der Waals surface area contributed by atoms with E-state index in [4.69, 9.17) is 4.74 Å². The smallest absolute Gasteiger partial charge is 0.155 e. The van der Waals surface area contributed by atoms with Crippen molar-refractivity contribution in [3.8, 4) is 0 Å². The second-order valence-corrected chi connectivity index (χ2v) is 5.62. The van der Waals surface area contributed by atoms with Gasteiger partial charge < -0.3 is 10.1 Å². The molecule has 0 bridgehead atoms. The number of nitrogens with zero attached hydrogens (tertiary/aromatic N) is 3. The Morgan fingerprint density at radius 1 is 1.53 bits per heavy atom. The van der Waals surface area contributed by atoms with Crippen LogP contribution in [0.2, 0.25) is 0 Å². The first kappa shape index (κ1) is 12.6. The van der Waals surface area contributed by atoms with E-state index in [0.29, 0.717) is 0 Å². The molecule has 19 heavy (non-hydrogen) atoms. The van der Waals surface area contributed by atoms with Crippen LogP contribution in [0.15, 0.2) is 18.5 Å². The van der Waals surface area contributed by atoms with Crippen LogP contribution in [0.4, 0.5) is 0 Å². The largest absolute Gasteiger partial charge is 0.380 e. The highest BCUT2D eigenvalue weighted by Gasteiger charge is 2.26. The minimum atomic E-state index is 0.0766. The number of hydrogen-bond donors (Lipinski definition) is 1. The maximum atomic E-state index is 5.55. The monoisotopic (exact) mass is 260 g/mol. The molecule has 0 amide bonds. The molecule has 2 aromatic heterocycles. The lowest BCUT2D eigenvalue weighted by atomic mass is 9.95. The highest BCUT2D eigenvalue weighted by Crippen LogP contribution is 2.18. The molecular formula is C14H20N4O. The zero-order chi connectivity index (χ0) is 13.3. The molecule has 1 unspecified atom stereocenters. The molecule has 2 aromatic rings. The number of aryl methyl sites for hydroxylation is 1. The number of aromatic nitrogens is 3. The summed E-state index contributed by atoms with van der Waals surface area (Å²) in [6.07, 6.45) is 6.23. The number of fused-ring (bicyclic) bond motifs is 1. The Balaban J connectivity index is 1.70. The normalized spacial score (nSPS) is 23.9. The first-order chi connectivity index (χ1) is 9.15. The van der Waals surface area contributed by atoms with Crippen LogP contribution in [0, 0.1) is 6.92 Å². The molecule has 3 rings (SSSR count). The topological polar surface area (TPSA) is 51.5 Å². The molecule has 0 radical (unpaired) electrons. The fourth-order valence-corrected chi connectivity index (χ4v) is 2.51. The van der Waals surface area contributed by atoms with Crippen LogP contribution >= 0.6 is 0 Å². The lowest BCUT2D eigenvalue weighted by Crippen LogP contribution is -2.48. The molecule has 0 spiro atoms. The van der Waals surface area contributed by atoms with Gasteiger partial charge in [-0.2, -0.15) is 5.10 Å². The van der Waals surface area contributed by atoms with Gasteiger partial charge in [-0.15, -0.1) is 0 Å². The first-order valence-corrected chi connectivity index (χ1v) is 6.78. The minimum Gasteiger partial charge on any atom is -0.380 e. The van der Waals surface area contributed by atoms with Crippen molar-refractivity contribution in [3.63, 3.8) is 0 Å².